The van der Waals surface area contributed by atoms with Crippen molar-refractivity contribution in [3.63, 3.8) is 0 Å². The highest BCUT2D eigenvalue weighted by Gasteiger charge is 2.32. The Kier molecular flexibility index (Phi) is 4.42. The van der Waals surface area contributed by atoms with E-state index >= 15 is 0 Å². The van der Waals surface area contributed by atoms with Crippen LogP contribution in [0.3, 0.4) is 0 Å². The Labute approximate surface area is 118 Å². The van der Waals surface area contributed by atoms with E-state index in [1.807, 2.05) is 24.3 Å². The van der Waals surface area contributed by atoms with Gasteiger partial charge in [0.05, 0.1) is 0 Å². The molecule has 3 N–H and O–H groups in total. The molecule has 0 saturated carbocycles. The molecule has 7 heteroatoms. The van der Waals surface area contributed by atoms with Gasteiger partial charge in [0.2, 0.25) is 5.91 Å². The zero-order valence-electron chi connectivity index (χ0n) is 11.0. The second-order valence-electron chi connectivity index (χ2n) is 4.96. The highest BCUT2D eigenvalue weighted by molar-refractivity contribution is 7.86. The van der Waals surface area contributed by atoms with Crippen molar-refractivity contribution in [1.82, 2.24) is 4.90 Å². The topological polar surface area (TPSA) is 101 Å². The van der Waals surface area contributed by atoms with Gasteiger partial charge in [-0.05, 0) is 24.0 Å². The van der Waals surface area contributed by atoms with Gasteiger partial charge in [-0.15, -0.1) is 0 Å². The van der Waals surface area contributed by atoms with Gasteiger partial charge in [0, 0.05) is 19.5 Å². The molecule has 1 aliphatic heterocycles. The summed E-state index contributed by atoms with van der Waals surface area (Å²) < 4.78 is 32.4. The Hall–Kier alpha value is -1.44. The first-order valence-corrected chi connectivity index (χ1v) is 7.93. The second kappa shape index (κ2) is 5.90. The Morgan fingerprint density at radius 3 is 2.60 bits per heavy atom. The summed E-state index contributed by atoms with van der Waals surface area (Å²) in [6.07, 6.45) is 0.664. The number of hydrogen-bond acceptors (Lipinski definition) is 4. The van der Waals surface area contributed by atoms with E-state index in [0.717, 1.165) is 12.0 Å². The van der Waals surface area contributed by atoms with Crippen LogP contribution in [0.25, 0.3) is 0 Å². The van der Waals surface area contributed by atoms with Gasteiger partial charge in [-0.3, -0.25) is 14.2 Å². The van der Waals surface area contributed by atoms with Crippen LogP contribution in [0.5, 0.6) is 0 Å². The Morgan fingerprint density at radius 2 is 2.00 bits per heavy atom. The van der Waals surface area contributed by atoms with Gasteiger partial charge < -0.3 is 5.73 Å². The van der Waals surface area contributed by atoms with Crippen molar-refractivity contribution >= 4 is 16.0 Å². The number of fused-ring (bicyclic) bond motifs is 1. The predicted molar refractivity (Wildman–Crippen MR) is 74.3 cm³/mol. The van der Waals surface area contributed by atoms with E-state index in [4.69, 9.17) is 5.73 Å². The predicted octanol–water partition coefficient (Wildman–Crippen LogP) is 0.524. The first kappa shape index (κ1) is 15.0. The molecule has 0 spiro atoms. The number of nitrogens with two attached hydrogens (primary N) is 1. The van der Waals surface area contributed by atoms with Crippen LogP contribution in [0, 0.1) is 0 Å². The highest BCUT2D eigenvalue weighted by Crippen LogP contribution is 2.23. The number of benzene rings is 1. The number of nitrogens with zero attached hydrogens (tertiary/aromatic N) is 1. The molecular weight excluding hydrogens is 280 g/mol. The molecule has 20 heavy (non-hydrogen) atoms. The van der Waals surface area contributed by atoms with Crippen LogP contribution in [0.2, 0.25) is 0 Å². The lowest BCUT2D eigenvalue weighted by Gasteiger charge is -2.33. The van der Waals surface area contributed by atoms with E-state index in [-0.39, 0.29) is 12.8 Å². The number of primary amides is 1. The van der Waals surface area contributed by atoms with Crippen LogP contribution in [0.1, 0.15) is 24.0 Å². The van der Waals surface area contributed by atoms with Crippen LogP contribution < -0.4 is 5.73 Å². The molecule has 1 aliphatic rings. The highest BCUT2D eigenvalue weighted by atomic mass is 32.2. The fourth-order valence-electron chi connectivity index (χ4n) is 2.55. The van der Waals surface area contributed by atoms with Gasteiger partial charge >= 0.3 is 0 Å². The molecule has 1 amide bonds. The first-order valence-electron chi connectivity index (χ1n) is 6.43. The van der Waals surface area contributed by atoms with Crippen molar-refractivity contribution in [2.75, 3.05) is 6.54 Å². The molecule has 1 unspecified atom stereocenters. The number of amides is 1. The van der Waals surface area contributed by atoms with Crippen LogP contribution >= 0.6 is 0 Å². The molecular formula is C13H18N2O4S. The minimum atomic E-state index is -4.24. The Morgan fingerprint density at radius 1 is 1.35 bits per heavy atom. The molecule has 0 saturated heterocycles. The third-order valence-corrected chi connectivity index (χ3v) is 4.77. The molecule has 6 nitrogen and oxygen atoms in total. The van der Waals surface area contributed by atoms with Gasteiger partial charge in [-0.1, -0.05) is 24.3 Å². The van der Waals surface area contributed by atoms with Gasteiger partial charge in [0.1, 0.15) is 5.37 Å². The van der Waals surface area contributed by atoms with Crippen LogP contribution in [0.15, 0.2) is 24.3 Å². The summed E-state index contributed by atoms with van der Waals surface area (Å²) in [4.78, 5) is 12.5. The summed E-state index contributed by atoms with van der Waals surface area (Å²) in [7, 11) is -4.24. The van der Waals surface area contributed by atoms with E-state index in [1.165, 1.54) is 5.56 Å². The average molecular weight is 298 g/mol. The maximum absolute atomic E-state index is 11.5. The summed E-state index contributed by atoms with van der Waals surface area (Å²) in [5, 5.41) is -1.08. The molecule has 1 aromatic rings. The number of carbonyl (C=O) groups is 1. The molecule has 1 aromatic carbocycles. The molecule has 1 atom stereocenters. The number of hydrogen-bond donors (Lipinski definition) is 2. The first-order chi connectivity index (χ1) is 9.38. The van der Waals surface area contributed by atoms with Crippen molar-refractivity contribution in [3.05, 3.63) is 35.4 Å². The number of carbonyl (C=O) groups excluding carboxylic acids is 1. The SMILES string of the molecule is NC(=O)CCC(N1CCc2ccccc2C1)S(=O)(=O)O. The van der Waals surface area contributed by atoms with E-state index < -0.39 is 21.4 Å². The summed E-state index contributed by atoms with van der Waals surface area (Å²) in [6, 6.07) is 7.80. The summed E-state index contributed by atoms with van der Waals surface area (Å²) in [5.41, 5.74) is 7.29. The third kappa shape index (κ3) is 3.56. The molecule has 0 bridgehead atoms. The maximum Gasteiger partial charge on any atom is 0.281 e. The fourth-order valence-corrected chi connectivity index (χ4v) is 3.52. The average Bonchev–Trinajstić information content (AvgIpc) is 2.37. The molecule has 0 radical (unpaired) electrons. The van der Waals surface area contributed by atoms with Crippen molar-refractivity contribution in [2.24, 2.45) is 5.73 Å². The summed E-state index contributed by atoms with van der Waals surface area (Å²) in [6.45, 7) is 0.972. The molecule has 2 rings (SSSR count). The van der Waals surface area contributed by atoms with Crippen LogP contribution in [-0.2, 0) is 27.9 Å². The van der Waals surface area contributed by atoms with Crippen molar-refractivity contribution in [3.8, 4) is 0 Å². The smallest absolute Gasteiger partial charge is 0.281 e. The molecule has 1 heterocycles. The van der Waals surface area contributed by atoms with Gasteiger partial charge in [-0.2, -0.15) is 8.42 Å². The van der Waals surface area contributed by atoms with Crippen molar-refractivity contribution in [2.45, 2.75) is 31.2 Å². The molecule has 0 aromatic heterocycles. The monoisotopic (exact) mass is 298 g/mol. The molecule has 110 valence electrons. The maximum atomic E-state index is 11.5. The lowest BCUT2D eigenvalue weighted by Crippen LogP contribution is -2.44. The lowest BCUT2D eigenvalue weighted by molar-refractivity contribution is -0.118. The lowest BCUT2D eigenvalue weighted by atomic mass is 10.00. The third-order valence-electron chi connectivity index (χ3n) is 3.55. The van der Waals surface area contributed by atoms with Gasteiger partial charge in [0.25, 0.3) is 10.1 Å². The minimum Gasteiger partial charge on any atom is -0.370 e. The number of rotatable bonds is 5. The van der Waals surface area contributed by atoms with E-state index in [1.54, 1.807) is 4.90 Å². The second-order valence-corrected chi connectivity index (χ2v) is 6.54. The van der Waals surface area contributed by atoms with Crippen LogP contribution in [0.4, 0.5) is 0 Å². The van der Waals surface area contributed by atoms with Crippen LogP contribution in [-0.4, -0.2) is 35.7 Å². The summed E-state index contributed by atoms with van der Waals surface area (Å²) in [5.74, 6) is -0.573. The zero-order chi connectivity index (χ0) is 14.8. The van der Waals surface area contributed by atoms with Gasteiger partial charge in [0.15, 0.2) is 0 Å². The summed E-state index contributed by atoms with van der Waals surface area (Å²) >= 11 is 0. The standard InChI is InChI=1S/C13H18N2O4S/c14-12(16)5-6-13(20(17,18)19)15-8-7-10-3-1-2-4-11(10)9-15/h1-4,13H,5-9H2,(H2,14,16)(H,17,18,19). The van der Waals surface area contributed by atoms with E-state index in [2.05, 4.69) is 0 Å². The quantitative estimate of drug-likeness (QED) is 0.772. The largest absolute Gasteiger partial charge is 0.370 e. The Bertz CT molecular complexity index is 600. The van der Waals surface area contributed by atoms with Crippen molar-refractivity contribution < 1.29 is 17.8 Å². The zero-order valence-corrected chi connectivity index (χ0v) is 11.8. The van der Waals surface area contributed by atoms with Crippen molar-refractivity contribution in [1.29, 1.82) is 0 Å². The van der Waals surface area contributed by atoms with E-state index in [9.17, 15) is 17.8 Å². The van der Waals surface area contributed by atoms with E-state index in [0.29, 0.717) is 13.1 Å². The molecule has 0 aliphatic carbocycles. The fraction of sp³-hybridized carbons (Fsp3) is 0.462. The molecule has 0 fully saturated rings. The Balaban J connectivity index is 2.17. The normalized spacial score (nSPS) is 17.4. The minimum absolute atomic E-state index is 0.0103. The van der Waals surface area contributed by atoms with Gasteiger partial charge in [-0.25, -0.2) is 0 Å².